The number of aromatic nitrogens is 1. The molecule has 4 heterocycles. The number of likely N-dealkylation sites (N-methyl/N-ethyl adjacent to an activating group) is 1. The van der Waals surface area contributed by atoms with Crippen molar-refractivity contribution < 1.29 is 20.0 Å². The lowest BCUT2D eigenvalue weighted by molar-refractivity contribution is 0.165. The molecule has 0 aliphatic carbocycles. The van der Waals surface area contributed by atoms with Crippen LogP contribution in [-0.2, 0) is 4.74 Å². The van der Waals surface area contributed by atoms with Crippen molar-refractivity contribution >= 4 is 11.4 Å². The van der Waals surface area contributed by atoms with Gasteiger partial charge in [-0.3, -0.25) is 0 Å². The summed E-state index contributed by atoms with van der Waals surface area (Å²) < 4.78 is 31.1. The zero-order valence-corrected chi connectivity index (χ0v) is 22.4. The Morgan fingerprint density at radius 1 is 1.17 bits per heavy atom. The first-order valence-corrected chi connectivity index (χ1v) is 13.1. The molecule has 3 unspecified atom stereocenters. The number of hydrogen-bond donors (Lipinski definition) is 2. The van der Waals surface area contributed by atoms with Gasteiger partial charge in [0.15, 0.2) is 11.6 Å². The number of nitrogens with zero attached hydrogens (tertiary/aromatic N) is 2. The van der Waals surface area contributed by atoms with Crippen LogP contribution in [0.25, 0.3) is 5.70 Å². The summed E-state index contributed by atoms with van der Waals surface area (Å²) in [7, 11) is 3.37. The quantitative estimate of drug-likeness (QED) is 0.504. The molecule has 2 saturated heterocycles. The fraction of sp³-hybridized carbons (Fsp3) is 0.536. The van der Waals surface area contributed by atoms with Gasteiger partial charge < -0.3 is 29.7 Å². The maximum Gasteiger partial charge on any atom is 0.213 e. The first kappa shape index (κ1) is 27.7. The van der Waals surface area contributed by atoms with Crippen LogP contribution < -0.4 is 20.1 Å². The minimum Gasteiger partial charge on any atom is -0.494 e. The molecular formula is C28H43FN4O3. The number of halogens is 1. The Kier molecular flexibility index (Phi) is 10.4. The van der Waals surface area contributed by atoms with Gasteiger partial charge in [-0.1, -0.05) is 27.7 Å². The molecule has 2 N–H and O–H groups in total. The molecule has 0 radical (unpaired) electrons. The van der Waals surface area contributed by atoms with Crippen LogP contribution in [0.1, 0.15) is 46.3 Å². The van der Waals surface area contributed by atoms with E-state index in [9.17, 15) is 4.39 Å². The van der Waals surface area contributed by atoms with E-state index in [1.54, 1.807) is 12.1 Å². The van der Waals surface area contributed by atoms with Gasteiger partial charge >= 0.3 is 0 Å². The molecule has 2 aromatic rings. The fourth-order valence-corrected chi connectivity index (χ4v) is 4.76. The number of pyridine rings is 1. The molecular weight excluding hydrogens is 459 g/mol. The molecule has 36 heavy (non-hydrogen) atoms. The first-order valence-electron chi connectivity index (χ1n) is 13.1. The minimum atomic E-state index is -0.357. The van der Waals surface area contributed by atoms with E-state index in [1.807, 2.05) is 53.1 Å². The van der Waals surface area contributed by atoms with Gasteiger partial charge in [-0.25, -0.2) is 9.37 Å². The molecule has 200 valence electrons. The van der Waals surface area contributed by atoms with Crippen LogP contribution in [-0.4, -0.2) is 63.5 Å². The van der Waals surface area contributed by atoms with Crippen LogP contribution in [0.3, 0.4) is 0 Å². The minimum absolute atomic E-state index is 0. The molecule has 3 aliphatic heterocycles. The maximum atomic E-state index is 14.6. The van der Waals surface area contributed by atoms with Crippen LogP contribution in [0, 0.1) is 17.7 Å². The Bertz CT molecular complexity index is 994. The number of rotatable bonds is 7. The van der Waals surface area contributed by atoms with E-state index in [0.717, 1.165) is 55.4 Å². The Morgan fingerprint density at radius 2 is 1.89 bits per heavy atom. The lowest BCUT2D eigenvalue weighted by Crippen LogP contribution is -2.26. The summed E-state index contributed by atoms with van der Waals surface area (Å²) in [6.45, 7) is 12.8. The van der Waals surface area contributed by atoms with Gasteiger partial charge in [0.25, 0.3) is 0 Å². The van der Waals surface area contributed by atoms with Crippen LogP contribution in [0.15, 0.2) is 36.5 Å². The topological polar surface area (TPSA) is 67.9 Å². The first-order chi connectivity index (χ1) is 17.7. The number of likely N-dealkylation sites (tertiary alicyclic amines) is 1. The highest BCUT2D eigenvalue weighted by atomic mass is 19.1. The van der Waals surface area contributed by atoms with E-state index in [4.69, 9.17) is 14.2 Å². The number of hydrogen-bond acceptors (Lipinski definition) is 7. The van der Waals surface area contributed by atoms with E-state index in [1.165, 1.54) is 7.11 Å². The Hall–Kier alpha value is -2.84. The molecule has 3 atom stereocenters. The molecule has 7 nitrogen and oxygen atoms in total. The zero-order chi connectivity index (χ0) is 26.1. The van der Waals surface area contributed by atoms with E-state index in [-0.39, 0.29) is 19.0 Å². The number of ether oxygens (including phenoxy) is 3. The van der Waals surface area contributed by atoms with Crippen molar-refractivity contribution in [3.8, 4) is 11.6 Å². The summed E-state index contributed by atoms with van der Waals surface area (Å²) in [4.78, 5) is 6.84. The predicted octanol–water partition coefficient (Wildman–Crippen LogP) is 5.21. The third kappa shape index (κ3) is 6.10. The number of fused-ring (bicyclic) bond motifs is 2. The second-order valence-electron chi connectivity index (χ2n) is 8.55. The van der Waals surface area contributed by atoms with Crippen LogP contribution in [0.4, 0.5) is 10.1 Å². The average Bonchev–Trinajstić information content (AvgIpc) is 3.53. The van der Waals surface area contributed by atoms with Crippen LogP contribution in [0.2, 0.25) is 0 Å². The SMILES string of the molecule is CC.CC.CNCCOc1ccc(C2C=C(N3CC4COCC4C3)c3cc(F)c(OC)cc3N2)cn1.[HH]. The van der Waals surface area contributed by atoms with Crippen LogP contribution >= 0.6 is 0 Å². The molecule has 0 amide bonds. The van der Waals surface area contributed by atoms with Gasteiger partial charge in [0.2, 0.25) is 5.88 Å². The molecule has 5 rings (SSSR count). The standard InChI is InChI=1S/C24H29FN4O3.2C2H6.H2/c1-26-5-6-32-24-4-3-15(10-27-24)20-8-22(29-11-16-13-31-14-17(16)12-29)18-7-19(25)23(30-2)9-21(18)28-20;2*1-2;/h3-4,7-10,16-17,20,26,28H,5-6,11-14H2,1-2H3;2*1-2H3;1H. The number of nitrogens with one attached hydrogen (secondary N) is 2. The summed E-state index contributed by atoms with van der Waals surface area (Å²) in [5, 5.41) is 6.58. The van der Waals surface area contributed by atoms with Crippen LogP contribution in [0.5, 0.6) is 11.6 Å². The van der Waals surface area contributed by atoms with Crippen molar-refractivity contribution in [1.29, 1.82) is 0 Å². The molecule has 3 aliphatic rings. The second-order valence-corrected chi connectivity index (χ2v) is 8.55. The molecule has 0 saturated carbocycles. The summed E-state index contributed by atoms with van der Waals surface area (Å²) in [5.41, 5.74) is 3.78. The predicted molar refractivity (Wildman–Crippen MR) is 145 cm³/mol. The third-order valence-corrected chi connectivity index (χ3v) is 6.50. The van der Waals surface area contributed by atoms with Crippen molar-refractivity contribution in [3.05, 3.63) is 53.5 Å². The van der Waals surface area contributed by atoms with Crippen molar-refractivity contribution in [1.82, 2.24) is 15.2 Å². The number of anilines is 1. The van der Waals surface area contributed by atoms with Gasteiger partial charge in [-0.15, -0.1) is 0 Å². The van der Waals surface area contributed by atoms with E-state index in [2.05, 4.69) is 26.6 Å². The Morgan fingerprint density at radius 3 is 2.50 bits per heavy atom. The zero-order valence-electron chi connectivity index (χ0n) is 22.4. The molecule has 0 spiro atoms. The highest BCUT2D eigenvalue weighted by Gasteiger charge is 2.39. The van der Waals surface area contributed by atoms with Gasteiger partial charge in [-0.2, -0.15) is 0 Å². The second kappa shape index (κ2) is 13.5. The van der Waals surface area contributed by atoms with Gasteiger partial charge in [0.05, 0.1) is 26.4 Å². The van der Waals surface area contributed by atoms with E-state index < -0.39 is 0 Å². The molecule has 2 fully saturated rings. The number of methoxy groups -OCH3 is 1. The smallest absolute Gasteiger partial charge is 0.213 e. The lowest BCUT2D eigenvalue weighted by Gasteiger charge is -2.32. The van der Waals surface area contributed by atoms with Crippen molar-refractivity contribution in [3.63, 3.8) is 0 Å². The largest absolute Gasteiger partial charge is 0.494 e. The molecule has 0 bridgehead atoms. The highest BCUT2D eigenvalue weighted by Crippen LogP contribution is 2.43. The summed E-state index contributed by atoms with van der Waals surface area (Å²) in [6.07, 6.45) is 4.01. The molecule has 1 aromatic heterocycles. The summed E-state index contributed by atoms with van der Waals surface area (Å²) in [5.74, 6) is 1.54. The molecule has 8 heteroatoms. The third-order valence-electron chi connectivity index (χ3n) is 6.50. The van der Waals surface area contributed by atoms with Crippen molar-refractivity contribution in [2.24, 2.45) is 11.8 Å². The van der Waals surface area contributed by atoms with Crippen molar-refractivity contribution in [2.45, 2.75) is 33.7 Å². The summed E-state index contributed by atoms with van der Waals surface area (Å²) >= 11 is 0. The van der Waals surface area contributed by atoms with Gasteiger partial charge in [0.1, 0.15) is 6.61 Å². The summed E-state index contributed by atoms with van der Waals surface area (Å²) in [6, 6.07) is 7.13. The highest BCUT2D eigenvalue weighted by molar-refractivity contribution is 5.81. The van der Waals surface area contributed by atoms with E-state index in [0.29, 0.717) is 24.3 Å². The molecule has 1 aromatic carbocycles. The normalized spacial score (nSPS) is 21.6. The average molecular weight is 503 g/mol. The van der Waals surface area contributed by atoms with Gasteiger partial charge in [0, 0.05) is 68.2 Å². The Balaban J connectivity index is 0.000000919. The Labute approximate surface area is 216 Å². The monoisotopic (exact) mass is 502 g/mol. The number of benzene rings is 1. The maximum absolute atomic E-state index is 14.6. The van der Waals surface area contributed by atoms with E-state index >= 15 is 0 Å². The van der Waals surface area contributed by atoms with Gasteiger partial charge in [-0.05, 0) is 30.8 Å². The lowest BCUT2D eigenvalue weighted by atomic mass is 9.97. The fourth-order valence-electron chi connectivity index (χ4n) is 4.76. The van der Waals surface area contributed by atoms with Crippen molar-refractivity contribution in [2.75, 3.05) is 58.9 Å².